The molecule has 0 radical (unpaired) electrons. The number of anilines is 1. The van der Waals surface area contributed by atoms with Gasteiger partial charge in [-0.2, -0.15) is 5.10 Å². The summed E-state index contributed by atoms with van der Waals surface area (Å²) < 4.78 is 1.69. The van der Waals surface area contributed by atoms with Crippen LogP contribution in [0.1, 0.15) is 35.9 Å². The van der Waals surface area contributed by atoms with E-state index in [1.165, 1.54) is 0 Å². The summed E-state index contributed by atoms with van der Waals surface area (Å²) in [6.07, 6.45) is 1.62. The first-order valence-corrected chi connectivity index (χ1v) is 6.01. The molecule has 94 valence electrons. The number of carbonyl (C=O) groups excluding carboxylic acids is 1. The molecule has 2 rings (SSSR count). The van der Waals surface area contributed by atoms with Gasteiger partial charge in [-0.25, -0.2) is 0 Å². The van der Waals surface area contributed by atoms with Crippen LogP contribution in [0.4, 0.5) is 5.69 Å². The van der Waals surface area contributed by atoms with E-state index in [0.29, 0.717) is 22.0 Å². The van der Waals surface area contributed by atoms with Gasteiger partial charge >= 0.3 is 0 Å². The third-order valence-corrected chi connectivity index (χ3v) is 2.99. The van der Waals surface area contributed by atoms with E-state index in [2.05, 4.69) is 5.10 Å². The fraction of sp³-hybridized carbons (Fsp3) is 0.231. The zero-order valence-electron chi connectivity index (χ0n) is 10.2. The molecule has 0 fully saturated rings. The maximum Gasteiger partial charge on any atom is 0.211 e. The second kappa shape index (κ2) is 4.82. The number of halogens is 1. The lowest BCUT2D eigenvalue weighted by Crippen LogP contribution is -2.13. The van der Waals surface area contributed by atoms with Gasteiger partial charge in [0.25, 0.3) is 0 Å². The Morgan fingerprint density at radius 1 is 1.39 bits per heavy atom. The normalized spacial score (nSPS) is 10.9. The fourth-order valence-corrected chi connectivity index (χ4v) is 1.86. The van der Waals surface area contributed by atoms with Crippen LogP contribution in [-0.2, 0) is 0 Å². The minimum absolute atomic E-state index is 0.107. The monoisotopic (exact) mass is 263 g/mol. The molecule has 0 unspecified atom stereocenters. The Morgan fingerprint density at radius 2 is 2.11 bits per heavy atom. The molecule has 0 aliphatic heterocycles. The van der Waals surface area contributed by atoms with Crippen molar-refractivity contribution >= 4 is 23.1 Å². The molecule has 5 heteroatoms. The molecule has 0 aliphatic rings. The lowest BCUT2D eigenvalue weighted by molar-refractivity contribution is 0.102. The van der Waals surface area contributed by atoms with Gasteiger partial charge in [0.05, 0.1) is 10.7 Å². The number of nitrogens with zero attached hydrogens (tertiary/aromatic N) is 2. The van der Waals surface area contributed by atoms with Crippen molar-refractivity contribution in [3.05, 3.63) is 46.7 Å². The fourth-order valence-electron chi connectivity index (χ4n) is 1.74. The summed E-state index contributed by atoms with van der Waals surface area (Å²) in [7, 11) is 0. The first-order chi connectivity index (χ1) is 8.50. The molecule has 0 saturated carbocycles. The van der Waals surface area contributed by atoms with E-state index in [-0.39, 0.29) is 11.8 Å². The van der Waals surface area contributed by atoms with Gasteiger partial charge in [-0.3, -0.25) is 9.48 Å². The zero-order valence-corrected chi connectivity index (χ0v) is 11.0. The first kappa shape index (κ1) is 12.6. The number of benzene rings is 1. The summed E-state index contributed by atoms with van der Waals surface area (Å²) >= 11 is 5.84. The molecular formula is C13H14ClN3O. The average molecular weight is 264 g/mol. The van der Waals surface area contributed by atoms with Gasteiger partial charge in [0.2, 0.25) is 5.78 Å². The first-order valence-electron chi connectivity index (χ1n) is 5.64. The number of hydrogen-bond donors (Lipinski definition) is 1. The number of hydrogen-bond acceptors (Lipinski definition) is 3. The molecule has 0 aliphatic carbocycles. The smallest absolute Gasteiger partial charge is 0.211 e. The highest BCUT2D eigenvalue weighted by molar-refractivity contribution is 6.33. The Morgan fingerprint density at radius 3 is 2.72 bits per heavy atom. The van der Waals surface area contributed by atoms with Crippen LogP contribution in [0.5, 0.6) is 0 Å². The van der Waals surface area contributed by atoms with E-state index >= 15 is 0 Å². The highest BCUT2D eigenvalue weighted by atomic mass is 35.5. The second-order valence-electron chi connectivity index (χ2n) is 4.32. The molecule has 0 spiro atoms. The highest BCUT2D eigenvalue weighted by Crippen LogP contribution is 2.21. The van der Waals surface area contributed by atoms with Crippen LogP contribution in [0, 0.1) is 0 Å². The number of ketones is 1. The summed E-state index contributed by atoms with van der Waals surface area (Å²) in [5.74, 6) is -0.107. The minimum atomic E-state index is -0.107. The molecule has 18 heavy (non-hydrogen) atoms. The predicted molar refractivity (Wildman–Crippen MR) is 71.9 cm³/mol. The van der Waals surface area contributed by atoms with Crippen LogP contribution >= 0.6 is 11.6 Å². The molecule has 0 bridgehead atoms. The van der Waals surface area contributed by atoms with E-state index in [0.717, 1.165) is 0 Å². The molecule has 1 aromatic heterocycles. The molecule has 1 heterocycles. The summed E-state index contributed by atoms with van der Waals surface area (Å²) in [6, 6.07) is 6.71. The van der Waals surface area contributed by atoms with Crippen molar-refractivity contribution in [3.8, 4) is 0 Å². The van der Waals surface area contributed by atoms with Crippen molar-refractivity contribution in [2.24, 2.45) is 0 Å². The minimum Gasteiger partial charge on any atom is -0.398 e. The summed E-state index contributed by atoms with van der Waals surface area (Å²) in [5.41, 5.74) is 7.17. The zero-order chi connectivity index (χ0) is 13.3. The molecule has 2 aromatic rings. The molecule has 0 amide bonds. The van der Waals surface area contributed by atoms with Crippen molar-refractivity contribution in [2.75, 3.05) is 5.73 Å². The van der Waals surface area contributed by atoms with Crippen LogP contribution in [0.15, 0.2) is 30.5 Å². The molecule has 0 atom stereocenters. The Labute approximate surface area is 110 Å². The molecule has 1 aromatic carbocycles. The van der Waals surface area contributed by atoms with Crippen molar-refractivity contribution < 1.29 is 4.79 Å². The molecule has 0 saturated heterocycles. The van der Waals surface area contributed by atoms with Crippen molar-refractivity contribution in [3.63, 3.8) is 0 Å². The van der Waals surface area contributed by atoms with Crippen LogP contribution in [0.3, 0.4) is 0 Å². The van der Waals surface area contributed by atoms with Crippen LogP contribution in [0.25, 0.3) is 0 Å². The second-order valence-corrected chi connectivity index (χ2v) is 4.73. The van der Waals surface area contributed by atoms with E-state index < -0.39 is 0 Å². The average Bonchev–Trinajstić information content (AvgIpc) is 2.81. The van der Waals surface area contributed by atoms with Crippen molar-refractivity contribution in [1.82, 2.24) is 9.78 Å². The maximum absolute atomic E-state index is 12.3. The Bertz CT molecular complexity index is 590. The van der Waals surface area contributed by atoms with Gasteiger partial charge in [0.1, 0.15) is 5.69 Å². The highest BCUT2D eigenvalue weighted by Gasteiger charge is 2.16. The standard InChI is InChI=1S/C13H14ClN3O/c1-8(2)17-12(5-6-16-17)13(18)9-3-4-10(14)11(15)7-9/h3-8H,15H2,1-2H3. The van der Waals surface area contributed by atoms with Gasteiger partial charge in [-0.15, -0.1) is 0 Å². The quantitative estimate of drug-likeness (QED) is 0.684. The molecular weight excluding hydrogens is 250 g/mol. The van der Waals surface area contributed by atoms with Gasteiger partial charge in [-0.1, -0.05) is 11.6 Å². The number of nitrogen functional groups attached to an aromatic ring is 1. The summed E-state index contributed by atoms with van der Waals surface area (Å²) in [4.78, 5) is 12.3. The van der Waals surface area contributed by atoms with Crippen LogP contribution in [0.2, 0.25) is 5.02 Å². The third kappa shape index (κ3) is 2.24. The molecule has 4 nitrogen and oxygen atoms in total. The number of rotatable bonds is 3. The topological polar surface area (TPSA) is 60.9 Å². The van der Waals surface area contributed by atoms with E-state index in [1.807, 2.05) is 13.8 Å². The number of carbonyl (C=O) groups is 1. The number of aromatic nitrogens is 2. The van der Waals surface area contributed by atoms with Crippen molar-refractivity contribution in [2.45, 2.75) is 19.9 Å². The molecule has 2 N–H and O–H groups in total. The van der Waals surface area contributed by atoms with Gasteiger partial charge in [-0.05, 0) is 38.1 Å². The Balaban J connectivity index is 2.42. The van der Waals surface area contributed by atoms with Gasteiger partial charge in [0.15, 0.2) is 0 Å². The summed E-state index contributed by atoms with van der Waals surface area (Å²) in [6.45, 7) is 3.94. The van der Waals surface area contributed by atoms with Crippen LogP contribution < -0.4 is 5.73 Å². The Kier molecular flexibility index (Phi) is 3.39. The van der Waals surface area contributed by atoms with Gasteiger partial charge in [0, 0.05) is 17.8 Å². The third-order valence-electron chi connectivity index (χ3n) is 2.65. The van der Waals surface area contributed by atoms with E-state index in [1.54, 1.807) is 35.1 Å². The largest absolute Gasteiger partial charge is 0.398 e. The van der Waals surface area contributed by atoms with E-state index in [4.69, 9.17) is 17.3 Å². The van der Waals surface area contributed by atoms with Gasteiger partial charge < -0.3 is 5.73 Å². The summed E-state index contributed by atoms with van der Waals surface area (Å²) in [5, 5.41) is 4.59. The Hall–Kier alpha value is -1.81. The number of nitrogens with two attached hydrogens (primary N) is 1. The lowest BCUT2D eigenvalue weighted by Gasteiger charge is -2.10. The van der Waals surface area contributed by atoms with E-state index in [9.17, 15) is 4.79 Å². The SMILES string of the molecule is CC(C)n1nccc1C(=O)c1ccc(Cl)c(N)c1. The predicted octanol–water partition coefficient (Wildman–Crippen LogP) is 2.93. The van der Waals surface area contributed by atoms with Crippen LogP contribution in [-0.4, -0.2) is 15.6 Å². The lowest BCUT2D eigenvalue weighted by atomic mass is 10.1. The van der Waals surface area contributed by atoms with Crippen molar-refractivity contribution in [1.29, 1.82) is 0 Å². The maximum atomic E-state index is 12.3.